The summed E-state index contributed by atoms with van der Waals surface area (Å²) in [6.07, 6.45) is 1.13. The zero-order valence-corrected chi connectivity index (χ0v) is 8.90. The monoisotopic (exact) mass is 232 g/mol. The Kier molecular flexibility index (Phi) is 2.74. The molecule has 1 aromatic rings. The molecule has 0 bridgehead atoms. The van der Waals surface area contributed by atoms with E-state index in [1.165, 1.54) is 0 Å². The van der Waals surface area contributed by atoms with Gasteiger partial charge >= 0.3 is 0 Å². The molecule has 0 radical (unpaired) electrons. The molecule has 0 spiro atoms. The molecular weight excluding hydrogens is 220 g/mol. The molecule has 6 nitrogen and oxygen atoms in total. The van der Waals surface area contributed by atoms with E-state index in [1.54, 1.807) is 0 Å². The molecule has 2 rings (SSSR count). The lowest BCUT2D eigenvalue weighted by molar-refractivity contribution is 0.262. The standard InChI is InChI=1S/C8H12N2O4S/c11-4-7-9-8(14-10-7)3-6-1-2-15(12,13)5-6/h6,11H,1-5H2. The van der Waals surface area contributed by atoms with Crippen LogP contribution in [0.25, 0.3) is 0 Å². The molecule has 0 aromatic carbocycles. The molecule has 1 aliphatic heterocycles. The van der Waals surface area contributed by atoms with Crippen LogP contribution in [0.1, 0.15) is 18.1 Å². The highest BCUT2D eigenvalue weighted by atomic mass is 32.2. The van der Waals surface area contributed by atoms with Crippen molar-refractivity contribution in [2.24, 2.45) is 5.92 Å². The Balaban J connectivity index is 1.98. The maximum absolute atomic E-state index is 11.2. The van der Waals surface area contributed by atoms with E-state index in [-0.39, 0.29) is 29.9 Å². The molecule has 84 valence electrons. The predicted octanol–water partition coefficient (Wildman–Crippen LogP) is -0.461. The van der Waals surface area contributed by atoms with Crippen LogP contribution in [-0.4, -0.2) is 35.2 Å². The van der Waals surface area contributed by atoms with Gasteiger partial charge in [-0.2, -0.15) is 4.98 Å². The Hall–Kier alpha value is -0.950. The SMILES string of the molecule is O=S1(=O)CCC(Cc2nc(CO)no2)C1. The highest BCUT2D eigenvalue weighted by molar-refractivity contribution is 7.91. The summed E-state index contributed by atoms with van der Waals surface area (Å²) in [5.74, 6) is 1.16. The zero-order valence-electron chi connectivity index (χ0n) is 8.09. The van der Waals surface area contributed by atoms with Crippen molar-refractivity contribution in [3.05, 3.63) is 11.7 Å². The molecule has 1 aromatic heterocycles. The highest BCUT2D eigenvalue weighted by Crippen LogP contribution is 2.21. The van der Waals surface area contributed by atoms with Crippen molar-refractivity contribution in [2.75, 3.05) is 11.5 Å². The molecule has 0 aliphatic carbocycles. The fraction of sp³-hybridized carbons (Fsp3) is 0.750. The number of hydrogen-bond donors (Lipinski definition) is 1. The molecule has 1 atom stereocenters. The van der Waals surface area contributed by atoms with Crippen molar-refractivity contribution in [1.29, 1.82) is 0 Å². The number of aliphatic hydroxyl groups is 1. The van der Waals surface area contributed by atoms with Crippen LogP contribution in [0.3, 0.4) is 0 Å². The Morgan fingerprint density at radius 3 is 2.87 bits per heavy atom. The van der Waals surface area contributed by atoms with Crippen LogP contribution in [-0.2, 0) is 22.9 Å². The Morgan fingerprint density at radius 2 is 2.33 bits per heavy atom. The lowest BCUT2D eigenvalue weighted by atomic mass is 10.1. The van der Waals surface area contributed by atoms with Crippen LogP contribution in [0, 0.1) is 5.92 Å². The van der Waals surface area contributed by atoms with Gasteiger partial charge in [-0.3, -0.25) is 0 Å². The average molecular weight is 232 g/mol. The summed E-state index contributed by atoms with van der Waals surface area (Å²) < 4.78 is 27.2. The van der Waals surface area contributed by atoms with Gasteiger partial charge in [-0.15, -0.1) is 0 Å². The first-order valence-corrected chi connectivity index (χ1v) is 6.54. The third-order valence-corrected chi connectivity index (χ3v) is 4.28. The number of nitrogens with zero attached hydrogens (tertiary/aromatic N) is 2. The zero-order chi connectivity index (χ0) is 10.9. The fourth-order valence-corrected chi connectivity index (χ4v) is 3.58. The van der Waals surface area contributed by atoms with Crippen molar-refractivity contribution < 1.29 is 18.0 Å². The quantitative estimate of drug-likeness (QED) is 0.758. The highest BCUT2D eigenvalue weighted by Gasteiger charge is 2.29. The maximum Gasteiger partial charge on any atom is 0.227 e. The summed E-state index contributed by atoms with van der Waals surface area (Å²) in [7, 11) is -2.85. The van der Waals surface area contributed by atoms with Gasteiger partial charge < -0.3 is 9.63 Å². The molecule has 1 fully saturated rings. The topological polar surface area (TPSA) is 93.3 Å². The van der Waals surface area contributed by atoms with E-state index in [1.807, 2.05) is 0 Å². The normalized spacial score (nSPS) is 24.5. The summed E-state index contributed by atoms with van der Waals surface area (Å²) >= 11 is 0. The van der Waals surface area contributed by atoms with Crippen molar-refractivity contribution >= 4 is 9.84 Å². The van der Waals surface area contributed by atoms with Crippen LogP contribution in [0.15, 0.2) is 4.52 Å². The number of rotatable bonds is 3. The average Bonchev–Trinajstić information content (AvgIpc) is 2.73. The largest absolute Gasteiger partial charge is 0.388 e. The maximum atomic E-state index is 11.2. The minimum absolute atomic E-state index is 0.0713. The van der Waals surface area contributed by atoms with Crippen LogP contribution in [0.5, 0.6) is 0 Å². The second kappa shape index (κ2) is 3.90. The third kappa shape index (κ3) is 2.54. The van der Waals surface area contributed by atoms with E-state index in [0.717, 1.165) is 0 Å². The Labute approximate surface area is 87.2 Å². The molecule has 1 saturated heterocycles. The van der Waals surface area contributed by atoms with E-state index in [4.69, 9.17) is 9.63 Å². The predicted molar refractivity (Wildman–Crippen MR) is 50.7 cm³/mol. The van der Waals surface area contributed by atoms with E-state index in [0.29, 0.717) is 18.7 Å². The van der Waals surface area contributed by atoms with Crippen LogP contribution >= 0.6 is 0 Å². The van der Waals surface area contributed by atoms with Crippen molar-refractivity contribution in [3.8, 4) is 0 Å². The van der Waals surface area contributed by atoms with Gasteiger partial charge in [0.2, 0.25) is 5.89 Å². The first-order chi connectivity index (χ1) is 7.09. The van der Waals surface area contributed by atoms with E-state index in [2.05, 4.69) is 10.1 Å². The molecule has 0 amide bonds. The molecule has 1 N–H and O–H groups in total. The van der Waals surface area contributed by atoms with Crippen LogP contribution in [0.2, 0.25) is 0 Å². The summed E-state index contributed by atoms with van der Waals surface area (Å²) in [6.45, 7) is -0.257. The number of hydrogen-bond acceptors (Lipinski definition) is 6. The lowest BCUT2D eigenvalue weighted by Crippen LogP contribution is -2.07. The molecular formula is C8H12N2O4S. The Morgan fingerprint density at radius 1 is 1.53 bits per heavy atom. The minimum Gasteiger partial charge on any atom is -0.388 e. The molecule has 1 unspecified atom stereocenters. The summed E-state index contributed by atoms with van der Waals surface area (Å²) in [5.41, 5.74) is 0. The smallest absolute Gasteiger partial charge is 0.227 e. The minimum atomic E-state index is -2.85. The third-order valence-electron chi connectivity index (χ3n) is 2.44. The first kappa shape index (κ1) is 10.6. The fourth-order valence-electron chi connectivity index (χ4n) is 1.72. The molecule has 0 saturated carbocycles. The molecule has 7 heteroatoms. The van der Waals surface area contributed by atoms with E-state index >= 15 is 0 Å². The van der Waals surface area contributed by atoms with Gasteiger partial charge in [0, 0.05) is 6.42 Å². The van der Waals surface area contributed by atoms with Gasteiger partial charge in [-0.05, 0) is 12.3 Å². The van der Waals surface area contributed by atoms with Gasteiger partial charge in [0.1, 0.15) is 6.61 Å². The van der Waals surface area contributed by atoms with Gasteiger partial charge in [0.05, 0.1) is 11.5 Å². The first-order valence-electron chi connectivity index (χ1n) is 4.72. The second-order valence-electron chi connectivity index (χ2n) is 3.74. The van der Waals surface area contributed by atoms with Gasteiger partial charge in [0.25, 0.3) is 0 Å². The number of aliphatic hydroxyl groups excluding tert-OH is 1. The van der Waals surface area contributed by atoms with Crippen LogP contribution < -0.4 is 0 Å². The lowest BCUT2D eigenvalue weighted by Gasteiger charge is -2.01. The van der Waals surface area contributed by atoms with Gasteiger partial charge in [0.15, 0.2) is 15.7 Å². The number of aromatic nitrogens is 2. The summed E-state index contributed by atoms with van der Waals surface area (Å²) in [4.78, 5) is 3.92. The molecule has 1 aliphatic rings. The van der Waals surface area contributed by atoms with E-state index in [9.17, 15) is 8.42 Å². The molecule has 2 heterocycles. The summed E-state index contributed by atoms with van der Waals surface area (Å²) in [5, 5.41) is 12.2. The van der Waals surface area contributed by atoms with Crippen molar-refractivity contribution in [1.82, 2.24) is 10.1 Å². The molecule has 15 heavy (non-hydrogen) atoms. The Bertz CT molecular complexity index is 439. The van der Waals surface area contributed by atoms with Crippen molar-refractivity contribution in [2.45, 2.75) is 19.4 Å². The summed E-state index contributed by atoms with van der Waals surface area (Å²) in [6, 6.07) is 0. The number of sulfone groups is 1. The second-order valence-corrected chi connectivity index (χ2v) is 5.96. The van der Waals surface area contributed by atoms with Gasteiger partial charge in [-0.1, -0.05) is 5.16 Å². The van der Waals surface area contributed by atoms with Crippen molar-refractivity contribution in [3.63, 3.8) is 0 Å². The van der Waals surface area contributed by atoms with E-state index < -0.39 is 9.84 Å². The van der Waals surface area contributed by atoms with Gasteiger partial charge in [-0.25, -0.2) is 8.42 Å². The van der Waals surface area contributed by atoms with Crippen LogP contribution in [0.4, 0.5) is 0 Å².